The molecule has 2 heterocycles. The van der Waals surface area contributed by atoms with E-state index in [1.165, 1.54) is 58.4 Å². The van der Waals surface area contributed by atoms with E-state index in [0.717, 1.165) is 19.3 Å². The van der Waals surface area contributed by atoms with Gasteiger partial charge in [0, 0.05) is 50.7 Å². The summed E-state index contributed by atoms with van der Waals surface area (Å²) in [7, 11) is 2.06. The quantitative estimate of drug-likeness (QED) is 0.815. The van der Waals surface area contributed by atoms with Crippen molar-refractivity contribution in [1.29, 1.82) is 0 Å². The van der Waals surface area contributed by atoms with Crippen LogP contribution in [0.15, 0.2) is 0 Å². The molecule has 2 saturated heterocycles. The molecule has 1 N–H and O–H groups in total. The average Bonchev–Trinajstić information content (AvgIpc) is 3.10. The maximum Gasteiger partial charge on any atom is 0.0623 e. The van der Waals surface area contributed by atoms with E-state index in [0.29, 0.717) is 12.0 Å². The van der Waals surface area contributed by atoms with Crippen molar-refractivity contribution < 1.29 is 4.74 Å². The first-order chi connectivity index (χ1) is 9.36. The standard InChI is InChI=1S/C15H29N3O/c1-16-15-12-19-11-13(15)10-17-6-8-18(9-7-17)14-4-2-3-5-14/h13-16H,2-12H2,1H3. The van der Waals surface area contributed by atoms with Gasteiger partial charge in [-0.2, -0.15) is 0 Å². The summed E-state index contributed by atoms with van der Waals surface area (Å²) in [6, 6.07) is 1.47. The van der Waals surface area contributed by atoms with E-state index in [1.807, 2.05) is 0 Å². The van der Waals surface area contributed by atoms with E-state index in [9.17, 15) is 0 Å². The number of nitrogens with zero attached hydrogens (tertiary/aromatic N) is 2. The molecule has 3 aliphatic rings. The van der Waals surface area contributed by atoms with Crippen molar-refractivity contribution in [2.45, 2.75) is 37.8 Å². The van der Waals surface area contributed by atoms with Gasteiger partial charge in [0.1, 0.15) is 0 Å². The number of hydrogen-bond donors (Lipinski definition) is 1. The van der Waals surface area contributed by atoms with E-state index >= 15 is 0 Å². The Bertz CT molecular complexity index is 273. The second kappa shape index (κ2) is 6.53. The zero-order valence-electron chi connectivity index (χ0n) is 12.3. The molecule has 4 nitrogen and oxygen atoms in total. The van der Waals surface area contributed by atoms with E-state index in [1.54, 1.807) is 0 Å². The van der Waals surface area contributed by atoms with Crippen LogP contribution in [0.2, 0.25) is 0 Å². The number of ether oxygens (including phenoxy) is 1. The monoisotopic (exact) mass is 267 g/mol. The Morgan fingerprint density at radius 3 is 2.47 bits per heavy atom. The minimum absolute atomic E-state index is 0.563. The second-order valence-corrected chi connectivity index (χ2v) is 6.47. The Labute approximate surface area is 117 Å². The van der Waals surface area contributed by atoms with Crippen molar-refractivity contribution in [3.63, 3.8) is 0 Å². The third kappa shape index (κ3) is 3.30. The smallest absolute Gasteiger partial charge is 0.0623 e. The van der Waals surface area contributed by atoms with Crippen LogP contribution in [0.1, 0.15) is 25.7 Å². The molecule has 19 heavy (non-hydrogen) atoms. The molecule has 1 saturated carbocycles. The number of likely N-dealkylation sites (N-methyl/N-ethyl adjacent to an activating group) is 1. The summed E-state index contributed by atoms with van der Waals surface area (Å²) >= 11 is 0. The highest BCUT2D eigenvalue weighted by Crippen LogP contribution is 2.24. The summed E-state index contributed by atoms with van der Waals surface area (Å²) in [6.07, 6.45) is 5.79. The minimum atomic E-state index is 0.563. The first kappa shape index (κ1) is 13.8. The summed E-state index contributed by atoms with van der Waals surface area (Å²) in [5.74, 6) is 0.683. The fraction of sp³-hybridized carbons (Fsp3) is 1.00. The lowest BCUT2D eigenvalue weighted by molar-refractivity contribution is 0.0829. The van der Waals surface area contributed by atoms with Crippen molar-refractivity contribution in [3.05, 3.63) is 0 Å². The maximum absolute atomic E-state index is 5.60. The minimum Gasteiger partial charge on any atom is -0.379 e. The van der Waals surface area contributed by atoms with Gasteiger partial charge in [-0.15, -0.1) is 0 Å². The Morgan fingerprint density at radius 1 is 1.05 bits per heavy atom. The second-order valence-electron chi connectivity index (χ2n) is 6.47. The van der Waals surface area contributed by atoms with Crippen LogP contribution in [0.25, 0.3) is 0 Å². The molecule has 0 aromatic carbocycles. The molecule has 0 amide bonds. The molecule has 0 aromatic heterocycles. The first-order valence-corrected chi connectivity index (χ1v) is 8.08. The van der Waals surface area contributed by atoms with Gasteiger partial charge in [-0.3, -0.25) is 4.90 Å². The van der Waals surface area contributed by atoms with Crippen LogP contribution in [0.4, 0.5) is 0 Å². The molecule has 2 aliphatic heterocycles. The molecular weight excluding hydrogens is 238 g/mol. The van der Waals surface area contributed by atoms with Gasteiger partial charge in [0.05, 0.1) is 13.2 Å². The molecule has 2 unspecified atom stereocenters. The summed E-state index contributed by atoms with van der Waals surface area (Å²) in [6.45, 7) is 8.11. The van der Waals surface area contributed by atoms with Crippen LogP contribution in [0.3, 0.4) is 0 Å². The highest BCUT2D eigenvalue weighted by atomic mass is 16.5. The summed E-state index contributed by atoms with van der Waals surface area (Å²) < 4.78 is 5.60. The molecule has 0 aromatic rings. The molecule has 4 heteroatoms. The van der Waals surface area contributed by atoms with Gasteiger partial charge < -0.3 is 15.0 Å². The molecule has 2 atom stereocenters. The number of hydrogen-bond acceptors (Lipinski definition) is 4. The van der Waals surface area contributed by atoms with Gasteiger partial charge in [-0.05, 0) is 19.9 Å². The SMILES string of the molecule is CNC1COCC1CN1CCN(C2CCCC2)CC1. The summed E-state index contributed by atoms with van der Waals surface area (Å²) in [5, 5.41) is 3.40. The summed E-state index contributed by atoms with van der Waals surface area (Å²) in [4.78, 5) is 5.39. The molecule has 3 fully saturated rings. The fourth-order valence-electron chi connectivity index (χ4n) is 4.01. The van der Waals surface area contributed by atoms with Gasteiger partial charge in [0.15, 0.2) is 0 Å². The van der Waals surface area contributed by atoms with Crippen molar-refractivity contribution in [2.24, 2.45) is 5.92 Å². The number of rotatable bonds is 4. The van der Waals surface area contributed by atoms with E-state index in [2.05, 4.69) is 22.2 Å². The largest absolute Gasteiger partial charge is 0.379 e. The molecule has 1 aliphatic carbocycles. The normalized spacial score (nSPS) is 35.2. The van der Waals surface area contributed by atoms with Gasteiger partial charge in [0.2, 0.25) is 0 Å². The van der Waals surface area contributed by atoms with E-state index < -0.39 is 0 Å². The zero-order chi connectivity index (χ0) is 13.1. The Kier molecular flexibility index (Phi) is 4.74. The number of nitrogens with one attached hydrogen (secondary N) is 1. The van der Waals surface area contributed by atoms with Crippen molar-refractivity contribution >= 4 is 0 Å². The van der Waals surface area contributed by atoms with Crippen LogP contribution in [0.5, 0.6) is 0 Å². The van der Waals surface area contributed by atoms with Gasteiger partial charge in [-0.1, -0.05) is 12.8 Å². The highest BCUT2D eigenvalue weighted by Gasteiger charge is 2.31. The van der Waals surface area contributed by atoms with Crippen molar-refractivity contribution in [3.8, 4) is 0 Å². The third-order valence-corrected chi connectivity index (χ3v) is 5.31. The lowest BCUT2D eigenvalue weighted by atomic mass is 10.0. The molecule has 0 spiro atoms. The Morgan fingerprint density at radius 2 is 1.79 bits per heavy atom. The predicted molar refractivity (Wildman–Crippen MR) is 77.4 cm³/mol. The van der Waals surface area contributed by atoms with E-state index in [4.69, 9.17) is 4.74 Å². The average molecular weight is 267 g/mol. The summed E-state index contributed by atoms with van der Waals surface area (Å²) in [5.41, 5.74) is 0. The fourth-order valence-corrected chi connectivity index (χ4v) is 4.01. The Hall–Kier alpha value is -0.160. The molecule has 0 bridgehead atoms. The lowest BCUT2D eigenvalue weighted by Crippen LogP contribution is -2.52. The van der Waals surface area contributed by atoms with Crippen LogP contribution in [-0.2, 0) is 4.74 Å². The maximum atomic E-state index is 5.60. The molecule has 110 valence electrons. The van der Waals surface area contributed by atoms with Gasteiger partial charge >= 0.3 is 0 Å². The zero-order valence-corrected chi connectivity index (χ0v) is 12.3. The lowest BCUT2D eigenvalue weighted by Gasteiger charge is -2.39. The topological polar surface area (TPSA) is 27.7 Å². The van der Waals surface area contributed by atoms with Crippen molar-refractivity contribution in [1.82, 2.24) is 15.1 Å². The molecular formula is C15H29N3O. The Balaban J connectivity index is 1.42. The van der Waals surface area contributed by atoms with Crippen LogP contribution >= 0.6 is 0 Å². The molecule has 0 radical (unpaired) electrons. The first-order valence-electron chi connectivity index (χ1n) is 8.08. The third-order valence-electron chi connectivity index (χ3n) is 5.31. The van der Waals surface area contributed by atoms with Crippen LogP contribution < -0.4 is 5.32 Å². The number of piperazine rings is 1. The molecule has 3 rings (SSSR count). The highest BCUT2D eigenvalue weighted by molar-refractivity contribution is 4.86. The van der Waals surface area contributed by atoms with Gasteiger partial charge in [-0.25, -0.2) is 0 Å². The predicted octanol–water partition coefficient (Wildman–Crippen LogP) is 0.781. The van der Waals surface area contributed by atoms with Gasteiger partial charge in [0.25, 0.3) is 0 Å². The van der Waals surface area contributed by atoms with Crippen molar-refractivity contribution in [2.75, 3.05) is 53.0 Å². The van der Waals surface area contributed by atoms with Crippen LogP contribution in [0, 0.1) is 5.92 Å². The van der Waals surface area contributed by atoms with Crippen LogP contribution in [-0.4, -0.2) is 74.9 Å². The van der Waals surface area contributed by atoms with E-state index in [-0.39, 0.29) is 0 Å².